The third kappa shape index (κ3) is 2.76. The van der Waals surface area contributed by atoms with E-state index < -0.39 is 5.38 Å². The number of hydrogen-bond donors (Lipinski definition) is 0. The number of hydrogen-bond acceptors (Lipinski definition) is 2. The minimum absolute atomic E-state index is 0.168. The number of ketones is 1. The van der Waals surface area contributed by atoms with Gasteiger partial charge in [0.1, 0.15) is 11.2 Å². The Balaban J connectivity index is 2.23. The number of rotatable bonds is 3. The zero-order valence-electron chi connectivity index (χ0n) is 8.49. The lowest BCUT2D eigenvalue weighted by molar-refractivity contribution is 0.0959. The fraction of sp³-hybridized carbons (Fsp3) is 0.0833. The van der Waals surface area contributed by atoms with E-state index in [1.165, 1.54) is 30.3 Å². The van der Waals surface area contributed by atoms with Gasteiger partial charge in [0, 0.05) is 0 Å². The van der Waals surface area contributed by atoms with E-state index in [0.717, 1.165) is 0 Å². The van der Waals surface area contributed by atoms with Crippen molar-refractivity contribution < 1.29 is 13.6 Å². The van der Waals surface area contributed by atoms with Gasteiger partial charge < -0.3 is 4.42 Å². The molecule has 0 aliphatic rings. The number of benzene rings is 1. The molecule has 17 heavy (non-hydrogen) atoms. The summed E-state index contributed by atoms with van der Waals surface area (Å²) in [5.41, 5.74) is 0.533. The zero-order valence-corrected chi connectivity index (χ0v) is 10.8. The zero-order chi connectivity index (χ0) is 12.4. The molecule has 1 heterocycles. The van der Waals surface area contributed by atoms with Gasteiger partial charge in [0.15, 0.2) is 10.4 Å². The highest BCUT2D eigenvalue weighted by Gasteiger charge is 2.22. The average molecular weight is 318 g/mol. The van der Waals surface area contributed by atoms with E-state index in [2.05, 4.69) is 15.9 Å². The molecule has 1 unspecified atom stereocenters. The molecule has 2 aromatic rings. The predicted octanol–water partition coefficient (Wildman–Crippen LogP) is 4.34. The Labute approximate surface area is 111 Å². The van der Waals surface area contributed by atoms with E-state index in [9.17, 15) is 9.18 Å². The van der Waals surface area contributed by atoms with Gasteiger partial charge in [0.2, 0.25) is 5.78 Å². The first-order valence-corrected chi connectivity index (χ1v) is 6.00. The summed E-state index contributed by atoms with van der Waals surface area (Å²) in [5.74, 6) is -0.559. The number of carbonyl (C=O) groups excluding carboxylic acids is 1. The number of halogens is 3. The molecule has 0 aliphatic heterocycles. The van der Waals surface area contributed by atoms with Crippen LogP contribution in [-0.4, -0.2) is 5.78 Å². The summed E-state index contributed by atoms with van der Waals surface area (Å²) in [6.07, 6.45) is 0. The number of alkyl halides is 1. The van der Waals surface area contributed by atoms with Crippen LogP contribution in [-0.2, 0) is 0 Å². The van der Waals surface area contributed by atoms with Crippen molar-refractivity contribution in [2.45, 2.75) is 5.38 Å². The third-order valence-electron chi connectivity index (χ3n) is 2.21. The molecule has 0 N–H and O–H groups in total. The Bertz CT molecular complexity index is 536. The van der Waals surface area contributed by atoms with Gasteiger partial charge in [0.25, 0.3) is 0 Å². The van der Waals surface area contributed by atoms with Crippen molar-refractivity contribution in [3.63, 3.8) is 0 Å². The van der Waals surface area contributed by atoms with Crippen molar-refractivity contribution in [1.29, 1.82) is 0 Å². The van der Waals surface area contributed by atoms with Crippen LogP contribution in [0.25, 0.3) is 0 Å². The second-order valence-corrected chi connectivity index (χ2v) is 4.60. The second-order valence-electron chi connectivity index (χ2n) is 3.38. The molecule has 0 radical (unpaired) electrons. The maximum Gasteiger partial charge on any atom is 0.220 e. The van der Waals surface area contributed by atoms with Gasteiger partial charge in [-0.3, -0.25) is 4.79 Å². The van der Waals surface area contributed by atoms with Gasteiger partial charge in [-0.15, -0.1) is 11.6 Å². The van der Waals surface area contributed by atoms with Crippen LogP contribution < -0.4 is 0 Å². The quantitative estimate of drug-likeness (QED) is 0.622. The lowest BCUT2D eigenvalue weighted by atomic mass is 10.1. The SMILES string of the molecule is O=C(c1ccc(Br)o1)C(Cl)c1ccc(F)cc1. The summed E-state index contributed by atoms with van der Waals surface area (Å²) in [7, 11) is 0. The molecule has 0 saturated heterocycles. The normalized spacial score (nSPS) is 12.4. The van der Waals surface area contributed by atoms with E-state index in [4.69, 9.17) is 16.0 Å². The summed E-state index contributed by atoms with van der Waals surface area (Å²) in [5, 5.41) is -0.881. The smallest absolute Gasteiger partial charge is 0.220 e. The molecule has 0 amide bonds. The van der Waals surface area contributed by atoms with E-state index >= 15 is 0 Å². The van der Waals surface area contributed by atoms with Gasteiger partial charge in [0.05, 0.1) is 0 Å². The Hall–Kier alpha value is -1.13. The lowest BCUT2D eigenvalue weighted by Crippen LogP contribution is -2.06. The van der Waals surface area contributed by atoms with E-state index in [-0.39, 0.29) is 17.4 Å². The van der Waals surface area contributed by atoms with Crippen molar-refractivity contribution >= 4 is 33.3 Å². The van der Waals surface area contributed by atoms with Crippen LogP contribution in [0.5, 0.6) is 0 Å². The Kier molecular flexibility index (Phi) is 3.64. The Morgan fingerprint density at radius 2 is 1.88 bits per heavy atom. The monoisotopic (exact) mass is 316 g/mol. The van der Waals surface area contributed by atoms with Crippen LogP contribution in [0, 0.1) is 5.82 Å². The molecule has 1 atom stereocenters. The van der Waals surface area contributed by atoms with Crippen molar-refractivity contribution in [1.82, 2.24) is 0 Å². The van der Waals surface area contributed by atoms with Crippen LogP contribution in [0.1, 0.15) is 21.5 Å². The number of Topliss-reactive ketones (excluding diaryl/α,β-unsaturated/α-hetero) is 1. The maximum absolute atomic E-state index is 12.7. The molecule has 1 aromatic heterocycles. The minimum Gasteiger partial charge on any atom is -0.446 e. The highest BCUT2D eigenvalue weighted by atomic mass is 79.9. The maximum atomic E-state index is 12.7. The van der Waals surface area contributed by atoms with Crippen LogP contribution in [0.4, 0.5) is 4.39 Å². The van der Waals surface area contributed by atoms with Crippen LogP contribution in [0.15, 0.2) is 45.5 Å². The van der Waals surface area contributed by atoms with Gasteiger partial charge >= 0.3 is 0 Å². The fourth-order valence-corrected chi connectivity index (χ4v) is 1.91. The van der Waals surface area contributed by atoms with Crippen LogP contribution >= 0.6 is 27.5 Å². The first kappa shape index (κ1) is 12.3. The molecule has 0 spiro atoms. The summed E-state index contributed by atoms with van der Waals surface area (Å²) in [6.45, 7) is 0. The summed E-state index contributed by atoms with van der Waals surface area (Å²) in [6, 6.07) is 8.62. The number of furan rings is 1. The minimum atomic E-state index is -0.881. The molecule has 1 aromatic carbocycles. The van der Waals surface area contributed by atoms with Gasteiger partial charge in [-0.25, -0.2) is 4.39 Å². The van der Waals surface area contributed by atoms with E-state index in [1.807, 2.05) is 0 Å². The molecule has 0 bridgehead atoms. The molecule has 2 nitrogen and oxygen atoms in total. The first-order valence-electron chi connectivity index (χ1n) is 4.77. The Morgan fingerprint density at radius 3 is 2.41 bits per heavy atom. The topological polar surface area (TPSA) is 30.2 Å². The second kappa shape index (κ2) is 5.02. The molecule has 0 fully saturated rings. The van der Waals surface area contributed by atoms with E-state index in [1.54, 1.807) is 6.07 Å². The largest absolute Gasteiger partial charge is 0.446 e. The standard InChI is InChI=1S/C12H7BrClFO2/c13-10-6-5-9(17-10)12(16)11(14)7-1-3-8(15)4-2-7/h1-6,11H. The highest BCUT2D eigenvalue weighted by molar-refractivity contribution is 9.10. The molecule has 5 heteroatoms. The van der Waals surface area contributed by atoms with Gasteiger partial charge in [-0.1, -0.05) is 12.1 Å². The van der Waals surface area contributed by atoms with Gasteiger partial charge in [-0.2, -0.15) is 0 Å². The molecular weight excluding hydrogens is 310 g/mol. The van der Waals surface area contributed by atoms with E-state index in [0.29, 0.717) is 10.2 Å². The van der Waals surface area contributed by atoms with Crippen molar-refractivity contribution in [3.8, 4) is 0 Å². The summed E-state index contributed by atoms with van der Waals surface area (Å²) < 4.78 is 18.3. The predicted molar refractivity (Wildman–Crippen MR) is 65.7 cm³/mol. The number of carbonyl (C=O) groups is 1. The highest BCUT2D eigenvalue weighted by Crippen LogP contribution is 2.27. The van der Waals surface area contributed by atoms with Crippen molar-refractivity contribution in [2.24, 2.45) is 0 Å². The molecule has 0 aliphatic carbocycles. The molecule has 0 saturated carbocycles. The van der Waals surface area contributed by atoms with Gasteiger partial charge in [-0.05, 0) is 45.8 Å². The molecule has 2 rings (SSSR count). The van der Waals surface area contributed by atoms with Crippen molar-refractivity contribution in [3.05, 3.63) is 58.2 Å². The van der Waals surface area contributed by atoms with Crippen molar-refractivity contribution in [2.75, 3.05) is 0 Å². The third-order valence-corrected chi connectivity index (χ3v) is 3.09. The average Bonchev–Trinajstić information content (AvgIpc) is 2.75. The van der Waals surface area contributed by atoms with Crippen LogP contribution in [0.3, 0.4) is 0 Å². The fourth-order valence-electron chi connectivity index (χ4n) is 1.35. The summed E-state index contributed by atoms with van der Waals surface area (Å²) in [4.78, 5) is 11.9. The molecule has 88 valence electrons. The lowest BCUT2D eigenvalue weighted by Gasteiger charge is -2.06. The Morgan fingerprint density at radius 1 is 1.24 bits per heavy atom. The van der Waals surface area contributed by atoms with Crippen LogP contribution in [0.2, 0.25) is 0 Å². The first-order chi connectivity index (χ1) is 8.08. The summed E-state index contributed by atoms with van der Waals surface area (Å²) >= 11 is 9.11. The molecular formula is C12H7BrClFO2.